The summed E-state index contributed by atoms with van der Waals surface area (Å²) in [7, 11) is 1.78. The van der Waals surface area contributed by atoms with Crippen LogP contribution in [0.5, 0.6) is 5.75 Å². The Morgan fingerprint density at radius 1 is 1.56 bits per heavy atom. The van der Waals surface area contributed by atoms with Crippen molar-refractivity contribution in [3.63, 3.8) is 0 Å². The van der Waals surface area contributed by atoms with E-state index in [0.717, 1.165) is 12.1 Å². The van der Waals surface area contributed by atoms with Crippen molar-refractivity contribution in [2.45, 2.75) is 25.5 Å². The molecular formula is C13H17ClN2O2. The monoisotopic (exact) mass is 268 g/mol. The second kappa shape index (κ2) is 5.16. The van der Waals surface area contributed by atoms with Crippen LogP contribution >= 0.6 is 11.6 Å². The number of likely N-dealkylation sites (N-methyl/N-ethyl adjacent to an activating group) is 1. The maximum absolute atomic E-state index is 11.8. The lowest BCUT2D eigenvalue weighted by molar-refractivity contribution is -0.132. The first-order valence-corrected chi connectivity index (χ1v) is 6.33. The zero-order chi connectivity index (χ0) is 13.3. The summed E-state index contributed by atoms with van der Waals surface area (Å²) in [5.74, 6) is 0.656. The number of rotatable bonds is 3. The van der Waals surface area contributed by atoms with Gasteiger partial charge >= 0.3 is 0 Å². The molecule has 2 N–H and O–H groups in total. The molecule has 1 aromatic rings. The Hall–Kier alpha value is -1.26. The van der Waals surface area contributed by atoms with Crippen molar-refractivity contribution in [3.8, 4) is 5.75 Å². The van der Waals surface area contributed by atoms with Crippen molar-refractivity contribution in [2.75, 3.05) is 13.6 Å². The molecular weight excluding hydrogens is 252 g/mol. The van der Waals surface area contributed by atoms with Crippen LogP contribution in [0.1, 0.15) is 24.9 Å². The molecule has 5 heteroatoms. The fourth-order valence-corrected chi connectivity index (χ4v) is 2.22. The van der Waals surface area contributed by atoms with Gasteiger partial charge in [0.15, 0.2) is 6.10 Å². The van der Waals surface area contributed by atoms with E-state index in [-0.39, 0.29) is 11.9 Å². The molecule has 1 aliphatic heterocycles. The van der Waals surface area contributed by atoms with E-state index >= 15 is 0 Å². The Balaban J connectivity index is 2.21. The topological polar surface area (TPSA) is 55.6 Å². The second-order valence-corrected chi connectivity index (χ2v) is 5.06. The summed E-state index contributed by atoms with van der Waals surface area (Å²) in [6.45, 7) is 2.59. The molecule has 0 aliphatic carbocycles. The van der Waals surface area contributed by atoms with Gasteiger partial charge in [-0.2, -0.15) is 0 Å². The van der Waals surface area contributed by atoms with Crippen LogP contribution < -0.4 is 10.5 Å². The van der Waals surface area contributed by atoms with Crippen molar-refractivity contribution in [2.24, 2.45) is 5.73 Å². The highest BCUT2D eigenvalue weighted by atomic mass is 35.5. The molecule has 98 valence electrons. The number of amides is 1. The molecule has 0 aromatic heterocycles. The van der Waals surface area contributed by atoms with Crippen LogP contribution in [0.4, 0.5) is 0 Å². The largest absolute Gasteiger partial charge is 0.480 e. The molecule has 2 rings (SSSR count). The summed E-state index contributed by atoms with van der Waals surface area (Å²) >= 11 is 5.94. The third-order valence-electron chi connectivity index (χ3n) is 3.11. The van der Waals surface area contributed by atoms with E-state index in [4.69, 9.17) is 22.1 Å². The SMILES string of the molecule is C[C@H](N)c1cc(Cl)ccc1OC1CCN(C)C1=O. The molecule has 1 unspecified atom stereocenters. The van der Waals surface area contributed by atoms with Crippen LogP contribution in [-0.4, -0.2) is 30.5 Å². The Labute approximate surface area is 112 Å². The molecule has 1 amide bonds. The lowest BCUT2D eigenvalue weighted by Crippen LogP contribution is -2.29. The molecule has 18 heavy (non-hydrogen) atoms. The Morgan fingerprint density at radius 2 is 2.28 bits per heavy atom. The van der Waals surface area contributed by atoms with Gasteiger partial charge < -0.3 is 15.4 Å². The Morgan fingerprint density at radius 3 is 2.83 bits per heavy atom. The van der Waals surface area contributed by atoms with E-state index in [2.05, 4.69) is 0 Å². The van der Waals surface area contributed by atoms with Crippen molar-refractivity contribution < 1.29 is 9.53 Å². The standard InChI is InChI=1S/C13H17ClN2O2/c1-8(15)10-7-9(14)3-4-11(10)18-12-5-6-16(2)13(12)17/h3-4,7-8,12H,5-6,15H2,1-2H3/t8-,12?/m0/s1. The predicted molar refractivity (Wildman–Crippen MR) is 70.7 cm³/mol. The average Bonchev–Trinajstić information content (AvgIpc) is 2.63. The predicted octanol–water partition coefficient (Wildman–Crippen LogP) is 1.97. The Bertz CT molecular complexity index is 462. The number of nitrogens with zero attached hydrogens (tertiary/aromatic N) is 1. The van der Waals surface area contributed by atoms with Crippen LogP contribution in [0.3, 0.4) is 0 Å². The molecule has 4 nitrogen and oxygen atoms in total. The first-order valence-electron chi connectivity index (χ1n) is 5.95. The summed E-state index contributed by atoms with van der Waals surface area (Å²) in [5.41, 5.74) is 6.71. The number of hydrogen-bond donors (Lipinski definition) is 1. The van der Waals surface area contributed by atoms with E-state index in [1.807, 2.05) is 6.92 Å². The molecule has 1 saturated heterocycles. The summed E-state index contributed by atoms with van der Waals surface area (Å²) < 4.78 is 5.78. The van der Waals surface area contributed by atoms with Gasteiger partial charge in [-0.3, -0.25) is 4.79 Å². The van der Waals surface area contributed by atoms with Gasteiger partial charge in [0.05, 0.1) is 0 Å². The maximum atomic E-state index is 11.8. The zero-order valence-electron chi connectivity index (χ0n) is 10.5. The maximum Gasteiger partial charge on any atom is 0.263 e. The molecule has 0 radical (unpaired) electrons. The lowest BCUT2D eigenvalue weighted by Gasteiger charge is -2.18. The van der Waals surface area contributed by atoms with Crippen LogP contribution in [0.15, 0.2) is 18.2 Å². The van der Waals surface area contributed by atoms with E-state index in [1.54, 1.807) is 30.1 Å². The lowest BCUT2D eigenvalue weighted by atomic mass is 10.1. The van der Waals surface area contributed by atoms with Crippen molar-refractivity contribution in [1.82, 2.24) is 4.90 Å². The quantitative estimate of drug-likeness (QED) is 0.912. The zero-order valence-corrected chi connectivity index (χ0v) is 11.3. The molecule has 1 fully saturated rings. The number of hydrogen-bond acceptors (Lipinski definition) is 3. The first kappa shape index (κ1) is 13.2. The van der Waals surface area contributed by atoms with Gasteiger partial charge in [0, 0.05) is 36.6 Å². The molecule has 2 atom stereocenters. The summed E-state index contributed by atoms with van der Waals surface area (Å²) in [5, 5.41) is 0.615. The van der Waals surface area contributed by atoms with E-state index in [9.17, 15) is 4.79 Å². The van der Waals surface area contributed by atoms with Gasteiger partial charge in [0.1, 0.15) is 5.75 Å². The molecule has 0 saturated carbocycles. The molecule has 0 bridgehead atoms. The molecule has 1 heterocycles. The summed E-state index contributed by atoms with van der Waals surface area (Å²) in [4.78, 5) is 13.5. The van der Waals surface area contributed by atoms with Crippen LogP contribution in [0, 0.1) is 0 Å². The number of nitrogens with two attached hydrogens (primary N) is 1. The van der Waals surface area contributed by atoms with Crippen LogP contribution in [0.2, 0.25) is 5.02 Å². The van der Waals surface area contributed by atoms with Gasteiger partial charge in [-0.25, -0.2) is 0 Å². The minimum Gasteiger partial charge on any atom is -0.480 e. The minimum absolute atomic E-state index is 0.0144. The highest BCUT2D eigenvalue weighted by Crippen LogP contribution is 2.29. The molecule has 0 spiro atoms. The number of carbonyl (C=O) groups excluding carboxylic acids is 1. The van der Waals surface area contributed by atoms with Gasteiger partial charge in [0.25, 0.3) is 5.91 Å². The molecule has 1 aliphatic rings. The van der Waals surface area contributed by atoms with E-state index in [0.29, 0.717) is 17.2 Å². The second-order valence-electron chi connectivity index (χ2n) is 4.63. The summed E-state index contributed by atoms with van der Waals surface area (Å²) in [6.07, 6.45) is 0.296. The number of ether oxygens (including phenoxy) is 1. The smallest absolute Gasteiger partial charge is 0.263 e. The highest BCUT2D eigenvalue weighted by Gasteiger charge is 2.31. The van der Waals surface area contributed by atoms with Gasteiger partial charge in [-0.15, -0.1) is 0 Å². The van der Waals surface area contributed by atoms with Crippen LogP contribution in [0.25, 0.3) is 0 Å². The first-order chi connectivity index (χ1) is 8.49. The summed E-state index contributed by atoms with van der Waals surface area (Å²) in [6, 6.07) is 5.11. The van der Waals surface area contributed by atoms with Gasteiger partial charge in [-0.1, -0.05) is 11.6 Å². The van der Waals surface area contributed by atoms with Crippen molar-refractivity contribution in [3.05, 3.63) is 28.8 Å². The normalized spacial score (nSPS) is 21.2. The molecule has 1 aromatic carbocycles. The highest BCUT2D eigenvalue weighted by molar-refractivity contribution is 6.30. The minimum atomic E-state index is -0.409. The number of benzene rings is 1. The van der Waals surface area contributed by atoms with E-state index < -0.39 is 6.10 Å². The third-order valence-corrected chi connectivity index (χ3v) is 3.35. The fraction of sp³-hybridized carbons (Fsp3) is 0.462. The number of likely N-dealkylation sites (tertiary alicyclic amines) is 1. The van der Waals surface area contributed by atoms with Crippen LogP contribution in [-0.2, 0) is 4.79 Å². The van der Waals surface area contributed by atoms with Gasteiger partial charge in [0.2, 0.25) is 0 Å². The number of carbonyl (C=O) groups is 1. The fourth-order valence-electron chi connectivity index (χ4n) is 2.04. The Kier molecular flexibility index (Phi) is 3.78. The van der Waals surface area contributed by atoms with Gasteiger partial charge in [-0.05, 0) is 25.1 Å². The van der Waals surface area contributed by atoms with Crippen molar-refractivity contribution in [1.29, 1.82) is 0 Å². The third kappa shape index (κ3) is 2.60. The van der Waals surface area contributed by atoms with E-state index in [1.165, 1.54) is 0 Å². The van der Waals surface area contributed by atoms with Crippen molar-refractivity contribution >= 4 is 17.5 Å². The average molecular weight is 269 g/mol. The number of halogens is 1.